The van der Waals surface area contributed by atoms with Gasteiger partial charge in [0.1, 0.15) is 6.26 Å². The van der Waals surface area contributed by atoms with Gasteiger partial charge < -0.3 is 4.52 Å². The number of nitrogens with zero attached hydrogens (tertiary/aromatic N) is 1. The summed E-state index contributed by atoms with van der Waals surface area (Å²) >= 11 is 3.45. The van der Waals surface area contributed by atoms with Crippen molar-refractivity contribution >= 4 is 21.7 Å². The minimum absolute atomic E-state index is 0.00282. The third-order valence-electron chi connectivity index (χ3n) is 3.32. The van der Waals surface area contributed by atoms with Crippen LogP contribution in [0, 0.1) is 6.92 Å². The predicted octanol–water partition coefficient (Wildman–Crippen LogP) is 3.85. The third kappa shape index (κ3) is 1.90. The summed E-state index contributed by atoms with van der Waals surface area (Å²) in [6.07, 6.45) is 3.67. The Kier molecular flexibility index (Phi) is 2.82. The first-order valence-electron chi connectivity index (χ1n) is 5.92. The first-order chi connectivity index (χ1) is 8.68. The van der Waals surface area contributed by atoms with Crippen LogP contribution in [-0.2, 0) is 0 Å². The van der Waals surface area contributed by atoms with E-state index in [1.165, 1.54) is 6.26 Å². The number of halogens is 1. The summed E-state index contributed by atoms with van der Waals surface area (Å²) in [5.74, 6) is 0.409. The van der Waals surface area contributed by atoms with Gasteiger partial charge in [0.05, 0.1) is 11.3 Å². The lowest BCUT2D eigenvalue weighted by molar-refractivity contribution is 0.103. The summed E-state index contributed by atoms with van der Waals surface area (Å²) < 4.78 is 5.92. The Bertz CT molecular complexity index is 614. The summed E-state index contributed by atoms with van der Waals surface area (Å²) in [5.41, 5.74) is 3.08. The highest BCUT2D eigenvalue weighted by Crippen LogP contribution is 2.41. The lowest BCUT2D eigenvalue weighted by atomic mass is 9.98. The molecule has 1 saturated carbocycles. The molecule has 3 rings (SSSR count). The smallest absolute Gasteiger partial charge is 0.198 e. The Morgan fingerprint density at radius 2 is 2.17 bits per heavy atom. The second-order valence-corrected chi connectivity index (χ2v) is 5.48. The van der Waals surface area contributed by atoms with Crippen molar-refractivity contribution in [1.29, 1.82) is 0 Å². The van der Waals surface area contributed by atoms with Gasteiger partial charge in [-0.1, -0.05) is 33.2 Å². The molecule has 3 nitrogen and oxygen atoms in total. The Labute approximate surface area is 113 Å². The maximum absolute atomic E-state index is 12.5. The van der Waals surface area contributed by atoms with E-state index in [2.05, 4.69) is 21.1 Å². The molecule has 4 heteroatoms. The summed E-state index contributed by atoms with van der Waals surface area (Å²) in [7, 11) is 0. The summed E-state index contributed by atoms with van der Waals surface area (Å²) in [4.78, 5) is 12.5. The van der Waals surface area contributed by atoms with E-state index in [9.17, 15) is 4.79 Å². The molecular formula is C14H12BrNO2. The summed E-state index contributed by atoms with van der Waals surface area (Å²) in [6, 6.07) is 5.64. The van der Waals surface area contributed by atoms with Gasteiger partial charge in [-0.2, -0.15) is 0 Å². The van der Waals surface area contributed by atoms with Crippen molar-refractivity contribution in [2.24, 2.45) is 0 Å². The monoisotopic (exact) mass is 305 g/mol. The molecule has 0 unspecified atom stereocenters. The van der Waals surface area contributed by atoms with Gasteiger partial charge in [-0.3, -0.25) is 4.79 Å². The number of carbonyl (C=O) groups excluding carboxylic acids is 1. The average molecular weight is 306 g/mol. The van der Waals surface area contributed by atoms with Gasteiger partial charge in [0.25, 0.3) is 0 Å². The van der Waals surface area contributed by atoms with E-state index in [1.54, 1.807) is 0 Å². The van der Waals surface area contributed by atoms with Crippen LogP contribution >= 0.6 is 15.9 Å². The molecule has 1 fully saturated rings. The molecule has 92 valence electrons. The number of ketones is 1. The van der Waals surface area contributed by atoms with E-state index >= 15 is 0 Å². The van der Waals surface area contributed by atoms with Gasteiger partial charge in [-0.05, 0) is 31.4 Å². The standard InChI is InChI=1S/C14H12BrNO2/c1-8-10(3-2-4-12(8)15)14(17)11-7-18-16-13(11)9-5-6-9/h2-4,7,9H,5-6H2,1H3. The zero-order chi connectivity index (χ0) is 12.7. The fraction of sp³-hybridized carbons (Fsp3) is 0.286. The number of aromatic nitrogens is 1. The molecule has 1 aromatic heterocycles. The number of benzene rings is 1. The van der Waals surface area contributed by atoms with Crippen LogP contribution in [0.1, 0.15) is 45.9 Å². The van der Waals surface area contributed by atoms with Crippen molar-refractivity contribution < 1.29 is 9.32 Å². The zero-order valence-corrected chi connectivity index (χ0v) is 11.5. The number of carbonyl (C=O) groups is 1. The highest BCUT2D eigenvalue weighted by atomic mass is 79.9. The van der Waals surface area contributed by atoms with Crippen LogP contribution in [0.5, 0.6) is 0 Å². The lowest BCUT2D eigenvalue weighted by Gasteiger charge is -2.05. The molecule has 2 aromatic rings. The topological polar surface area (TPSA) is 43.1 Å². The van der Waals surface area contributed by atoms with Crippen molar-refractivity contribution in [1.82, 2.24) is 5.16 Å². The second kappa shape index (κ2) is 4.35. The van der Waals surface area contributed by atoms with E-state index < -0.39 is 0 Å². The molecule has 0 amide bonds. The van der Waals surface area contributed by atoms with Crippen molar-refractivity contribution in [2.45, 2.75) is 25.7 Å². The normalized spacial score (nSPS) is 14.8. The number of rotatable bonds is 3. The molecule has 1 aromatic carbocycles. The highest BCUT2D eigenvalue weighted by Gasteiger charge is 2.32. The van der Waals surface area contributed by atoms with Crippen LogP contribution in [0.2, 0.25) is 0 Å². The molecule has 18 heavy (non-hydrogen) atoms. The van der Waals surface area contributed by atoms with E-state index in [-0.39, 0.29) is 5.78 Å². The van der Waals surface area contributed by atoms with Crippen LogP contribution in [0.15, 0.2) is 33.5 Å². The zero-order valence-electron chi connectivity index (χ0n) is 9.94. The average Bonchev–Trinajstić information content (AvgIpc) is 3.09. The molecule has 0 radical (unpaired) electrons. The van der Waals surface area contributed by atoms with Gasteiger partial charge in [-0.25, -0.2) is 0 Å². The van der Waals surface area contributed by atoms with Gasteiger partial charge in [0.15, 0.2) is 5.78 Å². The number of hydrogen-bond acceptors (Lipinski definition) is 3. The fourth-order valence-corrected chi connectivity index (χ4v) is 2.43. The molecule has 0 spiro atoms. The van der Waals surface area contributed by atoms with E-state index in [4.69, 9.17) is 4.52 Å². The molecule has 0 atom stereocenters. The molecule has 1 heterocycles. The first-order valence-corrected chi connectivity index (χ1v) is 6.72. The Balaban J connectivity index is 2.03. The Hall–Kier alpha value is -1.42. The molecule has 0 N–H and O–H groups in total. The Morgan fingerprint density at radius 3 is 2.89 bits per heavy atom. The van der Waals surface area contributed by atoms with Gasteiger partial charge in [0.2, 0.25) is 0 Å². The van der Waals surface area contributed by atoms with Crippen LogP contribution < -0.4 is 0 Å². The molecular weight excluding hydrogens is 294 g/mol. The van der Waals surface area contributed by atoms with Gasteiger partial charge in [0, 0.05) is 16.0 Å². The molecule has 1 aliphatic carbocycles. The van der Waals surface area contributed by atoms with Crippen LogP contribution in [0.4, 0.5) is 0 Å². The minimum atomic E-state index is -0.00282. The minimum Gasteiger partial charge on any atom is -0.364 e. The Morgan fingerprint density at radius 1 is 1.39 bits per heavy atom. The van der Waals surface area contributed by atoms with Crippen LogP contribution in [0.25, 0.3) is 0 Å². The van der Waals surface area contributed by atoms with E-state index in [0.717, 1.165) is 28.6 Å². The molecule has 0 aliphatic heterocycles. The largest absolute Gasteiger partial charge is 0.364 e. The van der Waals surface area contributed by atoms with Crippen molar-refractivity contribution in [3.05, 3.63) is 51.3 Å². The summed E-state index contributed by atoms with van der Waals surface area (Å²) in [6.45, 7) is 1.93. The predicted molar refractivity (Wildman–Crippen MR) is 70.8 cm³/mol. The van der Waals surface area contributed by atoms with Crippen LogP contribution in [0.3, 0.4) is 0 Å². The molecule has 0 saturated heterocycles. The van der Waals surface area contributed by atoms with Crippen LogP contribution in [-0.4, -0.2) is 10.9 Å². The van der Waals surface area contributed by atoms with Gasteiger partial charge >= 0.3 is 0 Å². The summed E-state index contributed by atoms with van der Waals surface area (Å²) in [5, 5.41) is 3.97. The third-order valence-corrected chi connectivity index (χ3v) is 4.18. The fourth-order valence-electron chi connectivity index (χ4n) is 2.06. The number of hydrogen-bond donors (Lipinski definition) is 0. The highest BCUT2D eigenvalue weighted by molar-refractivity contribution is 9.10. The maximum atomic E-state index is 12.5. The van der Waals surface area contributed by atoms with E-state index in [1.807, 2.05) is 25.1 Å². The molecule has 1 aliphatic rings. The quantitative estimate of drug-likeness (QED) is 0.809. The van der Waals surface area contributed by atoms with Crippen molar-refractivity contribution in [2.75, 3.05) is 0 Å². The van der Waals surface area contributed by atoms with Crippen molar-refractivity contribution in [3.63, 3.8) is 0 Å². The first kappa shape index (κ1) is 11.7. The lowest BCUT2D eigenvalue weighted by Crippen LogP contribution is -2.05. The van der Waals surface area contributed by atoms with Crippen molar-refractivity contribution in [3.8, 4) is 0 Å². The maximum Gasteiger partial charge on any atom is 0.198 e. The SMILES string of the molecule is Cc1c(Br)cccc1C(=O)c1conc1C1CC1. The van der Waals surface area contributed by atoms with Gasteiger partial charge in [-0.15, -0.1) is 0 Å². The molecule has 0 bridgehead atoms. The van der Waals surface area contributed by atoms with E-state index in [0.29, 0.717) is 17.0 Å². The second-order valence-electron chi connectivity index (χ2n) is 4.63.